The first-order valence-corrected chi connectivity index (χ1v) is 5.44. The number of ketones is 1. The molecule has 1 aliphatic carbocycles. The summed E-state index contributed by atoms with van der Waals surface area (Å²) in [6.45, 7) is 0.467. The van der Waals surface area contributed by atoms with E-state index < -0.39 is 18.1 Å². The third kappa shape index (κ3) is 3.12. The summed E-state index contributed by atoms with van der Waals surface area (Å²) in [7, 11) is 1.81. The van der Waals surface area contributed by atoms with Crippen LogP contribution in [-0.4, -0.2) is 47.7 Å². The Balaban J connectivity index is 0.00000180. The Morgan fingerprint density at radius 2 is 2.37 bits per heavy atom. The van der Waals surface area contributed by atoms with Crippen LogP contribution in [0.25, 0.3) is 0 Å². The van der Waals surface area contributed by atoms with E-state index in [1.807, 2.05) is 17.4 Å². The van der Waals surface area contributed by atoms with Gasteiger partial charge in [-0.2, -0.15) is 5.10 Å². The number of likely N-dealkylation sites (tertiary alicyclic amines) is 1. The Morgan fingerprint density at radius 1 is 1.68 bits per heavy atom. The molecule has 7 nitrogen and oxygen atoms in total. The van der Waals surface area contributed by atoms with Crippen molar-refractivity contribution in [3.8, 4) is 0 Å². The zero-order valence-electron chi connectivity index (χ0n) is 10.2. The molecule has 0 aromatic carbocycles. The third-order valence-electron chi connectivity index (χ3n) is 2.89. The molecule has 1 heterocycles. The van der Waals surface area contributed by atoms with E-state index in [9.17, 15) is 14.7 Å². The van der Waals surface area contributed by atoms with Gasteiger partial charge in [-0.05, 0) is 0 Å². The Labute approximate surface area is 116 Å². The fourth-order valence-electron chi connectivity index (χ4n) is 2.04. The van der Waals surface area contributed by atoms with Crippen LogP contribution in [0.15, 0.2) is 28.5 Å². The molecule has 2 amide bonds. The highest BCUT2D eigenvalue weighted by atomic mass is 35.5. The lowest BCUT2D eigenvalue weighted by molar-refractivity contribution is -0.115. The lowest BCUT2D eigenvalue weighted by atomic mass is 9.93. The number of amides is 2. The van der Waals surface area contributed by atoms with Crippen molar-refractivity contribution in [3.05, 3.63) is 23.4 Å². The Morgan fingerprint density at radius 3 is 3.00 bits per heavy atom. The van der Waals surface area contributed by atoms with Crippen LogP contribution in [0.3, 0.4) is 0 Å². The number of halogens is 1. The van der Waals surface area contributed by atoms with Crippen LogP contribution in [0.1, 0.15) is 0 Å². The molecule has 2 atom stereocenters. The molecule has 0 aromatic rings. The van der Waals surface area contributed by atoms with Crippen LogP contribution in [0.2, 0.25) is 0 Å². The Bertz CT molecular complexity index is 486. The van der Waals surface area contributed by atoms with Crippen molar-refractivity contribution < 1.29 is 14.7 Å². The molecule has 1 saturated heterocycles. The Kier molecular flexibility index (Phi) is 4.68. The summed E-state index contributed by atoms with van der Waals surface area (Å²) in [6.07, 6.45) is 3.82. The van der Waals surface area contributed by atoms with Gasteiger partial charge in [0, 0.05) is 37.2 Å². The summed E-state index contributed by atoms with van der Waals surface area (Å²) in [6, 6.07) is -0.793. The number of carbonyl (C=O) groups excluding carboxylic acids is 2. The number of hydrogen-bond acceptors (Lipinski definition) is 5. The summed E-state index contributed by atoms with van der Waals surface area (Å²) in [4.78, 5) is 24.1. The van der Waals surface area contributed by atoms with Crippen LogP contribution in [0, 0.1) is 5.92 Å². The van der Waals surface area contributed by atoms with Gasteiger partial charge >= 0.3 is 6.03 Å². The standard InChI is InChI=1S/C11H14N4O3.ClH/c1-15-5-10(17)7-2-6(4-13-14-11(12)18)9(16)3-8(7)15;/h2-4,6,10,17H,5H2,1H3,(H3,12,14,18);1H/b13-4-;. The number of hydrazone groups is 1. The van der Waals surface area contributed by atoms with Crippen molar-refractivity contribution in [3.63, 3.8) is 0 Å². The smallest absolute Gasteiger partial charge is 0.332 e. The van der Waals surface area contributed by atoms with Crippen molar-refractivity contribution in [2.24, 2.45) is 16.8 Å². The number of fused-ring (bicyclic) bond motifs is 1. The van der Waals surface area contributed by atoms with E-state index in [0.717, 1.165) is 5.70 Å². The highest BCUT2D eigenvalue weighted by Gasteiger charge is 2.33. The number of aliphatic hydroxyl groups excluding tert-OH is 1. The quantitative estimate of drug-likeness (QED) is 0.464. The molecular weight excluding hydrogens is 272 g/mol. The maximum Gasteiger partial charge on any atom is 0.332 e. The summed E-state index contributed by atoms with van der Waals surface area (Å²) >= 11 is 0. The molecule has 2 aliphatic rings. The topological polar surface area (TPSA) is 108 Å². The number of hydrogen-bond donors (Lipinski definition) is 3. The zero-order valence-corrected chi connectivity index (χ0v) is 11.1. The first-order valence-electron chi connectivity index (χ1n) is 5.44. The molecule has 1 fully saturated rings. The van der Waals surface area contributed by atoms with Crippen LogP contribution in [0.5, 0.6) is 0 Å². The number of primary amides is 1. The molecule has 0 saturated carbocycles. The average Bonchev–Trinajstić information content (AvgIpc) is 2.54. The molecule has 0 aromatic heterocycles. The van der Waals surface area contributed by atoms with Gasteiger partial charge < -0.3 is 15.7 Å². The summed E-state index contributed by atoms with van der Waals surface area (Å²) < 4.78 is 0. The molecule has 0 radical (unpaired) electrons. The number of aliphatic hydroxyl groups is 1. The minimum absolute atomic E-state index is 0. The maximum atomic E-state index is 11.8. The van der Waals surface area contributed by atoms with Crippen molar-refractivity contribution in [1.29, 1.82) is 0 Å². The van der Waals surface area contributed by atoms with Gasteiger partial charge in [-0.15, -0.1) is 12.4 Å². The highest BCUT2D eigenvalue weighted by Crippen LogP contribution is 2.30. The van der Waals surface area contributed by atoms with E-state index in [1.54, 1.807) is 6.08 Å². The molecule has 0 spiro atoms. The van der Waals surface area contributed by atoms with Gasteiger partial charge in [0.05, 0.1) is 12.0 Å². The second-order valence-corrected chi connectivity index (χ2v) is 4.23. The first kappa shape index (κ1) is 15.2. The van der Waals surface area contributed by atoms with Crippen molar-refractivity contribution in [2.45, 2.75) is 6.10 Å². The van der Waals surface area contributed by atoms with Gasteiger partial charge in [0.25, 0.3) is 0 Å². The van der Waals surface area contributed by atoms with E-state index >= 15 is 0 Å². The minimum atomic E-state index is -0.793. The van der Waals surface area contributed by atoms with Crippen LogP contribution in [0.4, 0.5) is 4.79 Å². The summed E-state index contributed by atoms with van der Waals surface area (Å²) in [5, 5.41) is 13.4. The van der Waals surface area contributed by atoms with Gasteiger partial charge in [0.15, 0.2) is 5.78 Å². The normalized spacial score (nSPS) is 25.6. The number of nitrogens with zero attached hydrogens (tertiary/aromatic N) is 2. The predicted octanol–water partition coefficient (Wildman–Crippen LogP) is -0.622. The van der Waals surface area contributed by atoms with Gasteiger partial charge in [0.2, 0.25) is 0 Å². The molecular formula is C11H15ClN4O3. The predicted molar refractivity (Wildman–Crippen MR) is 71.8 cm³/mol. The van der Waals surface area contributed by atoms with Crippen LogP contribution < -0.4 is 11.2 Å². The molecule has 8 heteroatoms. The second-order valence-electron chi connectivity index (χ2n) is 4.23. The number of carbonyl (C=O) groups is 2. The fraction of sp³-hybridized carbons (Fsp3) is 0.364. The number of rotatable bonds is 2. The van der Waals surface area contributed by atoms with Crippen molar-refractivity contribution >= 4 is 30.4 Å². The lowest BCUT2D eigenvalue weighted by Crippen LogP contribution is -2.26. The van der Waals surface area contributed by atoms with Gasteiger partial charge in [-0.25, -0.2) is 10.2 Å². The van der Waals surface area contributed by atoms with Crippen LogP contribution >= 0.6 is 12.4 Å². The molecule has 104 valence electrons. The minimum Gasteiger partial charge on any atom is -0.386 e. The van der Waals surface area contributed by atoms with E-state index in [4.69, 9.17) is 5.73 Å². The molecule has 0 bridgehead atoms. The number of allylic oxidation sites excluding steroid dienone is 2. The number of nitrogens with one attached hydrogen (secondary N) is 1. The molecule has 19 heavy (non-hydrogen) atoms. The highest BCUT2D eigenvalue weighted by molar-refractivity contribution is 6.05. The molecule has 2 rings (SSSR count). The van der Waals surface area contributed by atoms with Crippen molar-refractivity contribution in [1.82, 2.24) is 10.3 Å². The van der Waals surface area contributed by atoms with Crippen molar-refractivity contribution in [2.75, 3.05) is 13.6 Å². The third-order valence-corrected chi connectivity index (χ3v) is 2.89. The average molecular weight is 287 g/mol. The van der Waals surface area contributed by atoms with Gasteiger partial charge in [0.1, 0.15) is 0 Å². The summed E-state index contributed by atoms with van der Waals surface area (Å²) in [5.41, 5.74) is 8.32. The van der Waals surface area contributed by atoms with Gasteiger partial charge in [-0.3, -0.25) is 4.79 Å². The SMILES string of the molecule is CN1CC(O)C2=CC(/C=N\NC(N)=O)C(=O)C=C21.Cl. The number of nitrogens with two attached hydrogens (primary N) is 1. The monoisotopic (exact) mass is 286 g/mol. The zero-order chi connectivity index (χ0) is 13.3. The first-order chi connectivity index (χ1) is 8.49. The van der Waals surface area contributed by atoms with Crippen LogP contribution in [-0.2, 0) is 4.79 Å². The largest absolute Gasteiger partial charge is 0.386 e. The van der Waals surface area contributed by atoms with E-state index in [2.05, 4.69) is 5.10 Å². The summed E-state index contributed by atoms with van der Waals surface area (Å²) in [5.74, 6) is -0.735. The number of β-amino-alcohol motifs (C(OH)–C–C–N with tert-alkyl or cyclic N) is 1. The molecule has 2 unspecified atom stereocenters. The number of urea groups is 1. The fourth-order valence-corrected chi connectivity index (χ4v) is 2.04. The lowest BCUT2D eigenvalue weighted by Gasteiger charge is -2.17. The molecule has 4 N–H and O–H groups in total. The van der Waals surface area contributed by atoms with E-state index in [1.165, 1.54) is 12.3 Å². The van der Waals surface area contributed by atoms with Gasteiger partial charge in [-0.1, -0.05) is 6.08 Å². The molecule has 1 aliphatic heterocycles. The maximum absolute atomic E-state index is 11.8. The Hall–Kier alpha value is -1.86. The number of likely N-dealkylation sites (N-methyl/N-ethyl adjacent to an activating group) is 1. The second kappa shape index (κ2) is 5.85. The van der Waals surface area contributed by atoms with E-state index in [0.29, 0.717) is 12.1 Å². The van der Waals surface area contributed by atoms with E-state index in [-0.39, 0.29) is 18.2 Å².